The van der Waals surface area contributed by atoms with Crippen LogP contribution in [0.15, 0.2) is 96.4 Å². The minimum atomic E-state index is -0.291. The van der Waals surface area contributed by atoms with Gasteiger partial charge in [0.05, 0.1) is 11.8 Å². The lowest BCUT2D eigenvalue weighted by Gasteiger charge is -2.20. The number of carbonyl (C=O) groups is 2. The van der Waals surface area contributed by atoms with E-state index in [1.165, 1.54) is 11.8 Å². The summed E-state index contributed by atoms with van der Waals surface area (Å²) in [6.07, 6.45) is 1.58. The second kappa shape index (κ2) is 10.6. The molecule has 0 saturated carbocycles. The molecule has 1 heterocycles. The Morgan fingerprint density at radius 1 is 0.939 bits per heavy atom. The van der Waals surface area contributed by atoms with Crippen molar-refractivity contribution in [1.29, 1.82) is 0 Å². The Kier molecular flexibility index (Phi) is 7.16. The highest BCUT2D eigenvalue weighted by Crippen LogP contribution is 2.23. The minimum absolute atomic E-state index is 0.188. The molecule has 3 aromatic carbocycles. The molecule has 2 amide bonds. The van der Waals surface area contributed by atoms with Gasteiger partial charge in [0.2, 0.25) is 5.91 Å². The van der Waals surface area contributed by atoms with Gasteiger partial charge in [0.1, 0.15) is 6.33 Å². The van der Waals surface area contributed by atoms with E-state index in [1.54, 1.807) is 35.2 Å². The van der Waals surface area contributed by atoms with Crippen molar-refractivity contribution in [2.75, 3.05) is 11.1 Å². The zero-order chi connectivity index (χ0) is 23.0. The maximum Gasteiger partial charge on any atom is 0.252 e. The standard InChI is InChI=1S/C25H23N5O2S/c1-30-17-26-29-25(30)33-16-22(31)27-21-14-8-13-20(15-21)24(32)28-23(18-9-4-2-5-10-18)19-11-6-3-7-12-19/h2-15,17,23H,16H2,1H3,(H,27,31)(H,28,32). The molecule has 0 aliphatic heterocycles. The van der Waals surface area contributed by atoms with Crippen LogP contribution in [0, 0.1) is 0 Å². The Labute approximate surface area is 196 Å². The highest BCUT2D eigenvalue weighted by molar-refractivity contribution is 7.99. The molecule has 0 atom stereocenters. The van der Waals surface area contributed by atoms with Gasteiger partial charge >= 0.3 is 0 Å². The maximum atomic E-state index is 13.1. The molecule has 2 N–H and O–H groups in total. The third-order valence-corrected chi connectivity index (χ3v) is 5.99. The van der Waals surface area contributed by atoms with Crippen LogP contribution in [-0.2, 0) is 11.8 Å². The number of thioether (sulfide) groups is 1. The first-order valence-electron chi connectivity index (χ1n) is 10.4. The van der Waals surface area contributed by atoms with Gasteiger partial charge < -0.3 is 15.2 Å². The van der Waals surface area contributed by atoms with Crippen molar-refractivity contribution in [3.8, 4) is 0 Å². The highest BCUT2D eigenvalue weighted by atomic mass is 32.2. The summed E-state index contributed by atoms with van der Waals surface area (Å²) in [4.78, 5) is 25.5. The predicted octanol–water partition coefficient (Wildman–Crippen LogP) is 4.07. The minimum Gasteiger partial charge on any atom is -0.341 e. The van der Waals surface area contributed by atoms with Gasteiger partial charge in [-0.25, -0.2) is 0 Å². The van der Waals surface area contributed by atoms with Crippen LogP contribution < -0.4 is 10.6 Å². The topological polar surface area (TPSA) is 88.9 Å². The van der Waals surface area contributed by atoms with Gasteiger partial charge in [0.25, 0.3) is 5.91 Å². The molecule has 0 bridgehead atoms. The van der Waals surface area contributed by atoms with Gasteiger partial charge in [-0.15, -0.1) is 10.2 Å². The zero-order valence-electron chi connectivity index (χ0n) is 18.0. The number of nitrogens with zero attached hydrogens (tertiary/aromatic N) is 3. The normalized spacial score (nSPS) is 10.7. The second-order valence-electron chi connectivity index (χ2n) is 7.37. The molecule has 0 saturated heterocycles. The van der Waals surface area contributed by atoms with E-state index in [2.05, 4.69) is 20.8 Å². The second-order valence-corrected chi connectivity index (χ2v) is 8.31. The first kappa shape index (κ1) is 22.3. The summed E-state index contributed by atoms with van der Waals surface area (Å²) in [5.41, 5.74) is 3.00. The lowest BCUT2D eigenvalue weighted by molar-refractivity contribution is -0.113. The highest BCUT2D eigenvalue weighted by Gasteiger charge is 2.18. The van der Waals surface area contributed by atoms with E-state index in [1.807, 2.05) is 67.7 Å². The fourth-order valence-electron chi connectivity index (χ4n) is 3.33. The number of benzene rings is 3. The van der Waals surface area contributed by atoms with Crippen LogP contribution in [-0.4, -0.2) is 32.3 Å². The van der Waals surface area contributed by atoms with Crippen molar-refractivity contribution in [3.05, 3.63) is 108 Å². The van der Waals surface area contributed by atoms with Crippen LogP contribution in [0.1, 0.15) is 27.5 Å². The Balaban J connectivity index is 1.45. The molecule has 33 heavy (non-hydrogen) atoms. The number of aryl methyl sites for hydroxylation is 1. The Bertz CT molecular complexity index is 1190. The lowest BCUT2D eigenvalue weighted by atomic mass is 9.98. The third kappa shape index (κ3) is 5.87. The van der Waals surface area contributed by atoms with E-state index in [4.69, 9.17) is 0 Å². The molecule has 166 valence electrons. The van der Waals surface area contributed by atoms with E-state index >= 15 is 0 Å². The zero-order valence-corrected chi connectivity index (χ0v) is 18.8. The summed E-state index contributed by atoms with van der Waals surface area (Å²) in [5, 5.41) is 14.4. The summed E-state index contributed by atoms with van der Waals surface area (Å²) in [6, 6.07) is 26.3. The van der Waals surface area contributed by atoms with Crippen molar-refractivity contribution in [2.24, 2.45) is 7.05 Å². The van der Waals surface area contributed by atoms with Gasteiger partial charge in [0.15, 0.2) is 5.16 Å². The van der Waals surface area contributed by atoms with E-state index in [-0.39, 0.29) is 23.6 Å². The smallest absolute Gasteiger partial charge is 0.252 e. The number of anilines is 1. The van der Waals surface area contributed by atoms with Crippen molar-refractivity contribution < 1.29 is 9.59 Å². The van der Waals surface area contributed by atoms with E-state index in [9.17, 15) is 9.59 Å². The molecule has 0 aliphatic rings. The number of aromatic nitrogens is 3. The largest absolute Gasteiger partial charge is 0.341 e. The fourth-order valence-corrected chi connectivity index (χ4v) is 4.02. The van der Waals surface area contributed by atoms with Gasteiger partial charge in [-0.3, -0.25) is 9.59 Å². The molecule has 4 rings (SSSR count). The average molecular weight is 458 g/mol. The Morgan fingerprint density at radius 3 is 2.21 bits per heavy atom. The number of hydrogen-bond donors (Lipinski definition) is 2. The number of amides is 2. The van der Waals surface area contributed by atoms with Crippen LogP contribution in [0.5, 0.6) is 0 Å². The van der Waals surface area contributed by atoms with Gasteiger partial charge in [-0.05, 0) is 29.3 Å². The summed E-state index contributed by atoms with van der Waals surface area (Å²) in [5.74, 6) is -0.225. The number of carbonyl (C=O) groups excluding carboxylic acids is 2. The maximum absolute atomic E-state index is 13.1. The summed E-state index contributed by atoms with van der Waals surface area (Å²) in [7, 11) is 1.82. The fraction of sp³-hybridized carbons (Fsp3) is 0.120. The van der Waals surface area contributed by atoms with Crippen molar-refractivity contribution in [1.82, 2.24) is 20.1 Å². The van der Waals surface area contributed by atoms with Gasteiger partial charge in [-0.1, -0.05) is 78.5 Å². The molecule has 0 fully saturated rings. The summed E-state index contributed by atoms with van der Waals surface area (Å²) < 4.78 is 1.75. The SMILES string of the molecule is Cn1cnnc1SCC(=O)Nc1cccc(C(=O)NC(c2ccccc2)c2ccccc2)c1. The Morgan fingerprint density at radius 2 is 1.61 bits per heavy atom. The Hall–Kier alpha value is -3.91. The summed E-state index contributed by atoms with van der Waals surface area (Å²) >= 11 is 1.29. The molecule has 8 heteroatoms. The molecule has 0 aliphatic carbocycles. The molecular formula is C25H23N5O2S. The van der Waals surface area contributed by atoms with Crippen molar-refractivity contribution in [3.63, 3.8) is 0 Å². The molecule has 0 radical (unpaired) electrons. The first-order chi connectivity index (χ1) is 16.1. The van der Waals surface area contributed by atoms with E-state index in [0.29, 0.717) is 16.4 Å². The quantitative estimate of drug-likeness (QED) is 0.390. The number of hydrogen-bond acceptors (Lipinski definition) is 5. The van der Waals surface area contributed by atoms with E-state index < -0.39 is 0 Å². The summed E-state index contributed by atoms with van der Waals surface area (Å²) in [6.45, 7) is 0. The number of rotatable bonds is 8. The van der Waals surface area contributed by atoms with Crippen LogP contribution in [0.4, 0.5) is 5.69 Å². The monoisotopic (exact) mass is 457 g/mol. The van der Waals surface area contributed by atoms with Crippen LogP contribution >= 0.6 is 11.8 Å². The van der Waals surface area contributed by atoms with Crippen molar-refractivity contribution in [2.45, 2.75) is 11.2 Å². The first-order valence-corrected chi connectivity index (χ1v) is 11.4. The molecule has 0 spiro atoms. The number of nitrogens with one attached hydrogen (secondary N) is 2. The predicted molar refractivity (Wildman–Crippen MR) is 129 cm³/mol. The van der Waals surface area contributed by atoms with Crippen molar-refractivity contribution >= 4 is 29.3 Å². The van der Waals surface area contributed by atoms with E-state index in [0.717, 1.165) is 11.1 Å². The van der Waals surface area contributed by atoms with Gasteiger partial charge in [-0.2, -0.15) is 0 Å². The average Bonchev–Trinajstić information content (AvgIpc) is 3.27. The molecule has 0 unspecified atom stereocenters. The lowest BCUT2D eigenvalue weighted by Crippen LogP contribution is -2.29. The third-order valence-electron chi connectivity index (χ3n) is 4.95. The van der Waals surface area contributed by atoms with Crippen LogP contribution in [0.2, 0.25) is 0 Å². The molecule has 4 aromatic rings. The van der Waals surface area contributed by atoms with Crippen LogP contribution in [0.25, 0.3) is 0 Å². The molecular weight excluding hydrogens is 434 g/mol. The van der Waals surface area contributed by atoms with Crippen LogP contribution in [0.3, 0.4) is 0 Å². The van der Waals surface area contributed by atoms with Gasteiger partial charge in [0, 0.05) is 18.3 Å². The molecule has 1 aromatic heterocycles. The molecule has 7 nitrogen and oxygen atoms in total.